The Hall–Kier alpha value is -2.86. The van der Waals surface area contributed by atoms with Gasteiger partial charge >= 0.3 is 0 Å². The van der Waals surface area contributed by atoms with Crippen molar-refractivity contribution in [3.05, 3.63) is 40.2 Å². The fourth-order valence-corrected chi connectivity index (χ4v) is 5.66. The Balaban J connectivity index is 1.66. The molecule has 218 valence electrons. The number of aliphatic hydroxyl groups is 2. The molecule has 2 aromatic rings. The highest BCUT2D eigenvalue weighted by molar-refractivity contribution is 6.33. The Morgan fingerprint density at radius 3 is 2.55 bits per heavy atom. The molecular weight excluding hydrogens is 544 g/mol. The fourth-order valence-electron chi connectivity index (χ4n) is 5.45. The zero-order valence-corrected chi connectivity index (χ0v) is 23.9. The minimum Gasteiger partial charge on any atom is -0.512 e. The van der Waals surface area contributed by atoms with Crippen LogP contribution in [-0.4, -0.2) is 84.4 Å². The molecule has 0 radical (unpaired) electrons. The maximum absolute atomic E-state index is 12.5. The zero-order chi connectivity index (χ0) is 29.2. The van der Waals surface area contributed by atoms with Crippen LogP contribution in [0.25, 0.3) is 17.0 Å². The van der Waals surface area contributed by atoms with Crippen LogP contribution in [0.15, 0.2) is 24.0 Å². The van der Waals surface area contributed by atoms with Crippen molar-refractivity contribution >= 4 is 28.7 Å². The maximum Gasteiger partial charge on any atom is 0.261 e. The number of aromatic nitrogens is 2. The van der Waals surface area contributed by atoms with Gasteiger partial charge in [-0.3, -0.25) is 0 Å². The fraction of sp³-hybridized carbons (Fsp3) is 0.536. The van der Waals surface area contributed by atoms with Crippen molar-refractivity contribution in [1.82, 2.24) is 15.3 Å². The molecule has 1 saturated carbocycles. The van der Waals surface area contributed by atoms with E-state index in [4.69, 9.17) is 36.5 Å². The minimum atomic E-state index is -2.47. The van der Waals surface area contributed by atoms with E-state index in [1.807, 2.05) is 6.92 Å². The summed E-state index contributed by atoms with van der Waals surface area (Å²) in [6.07, 6.45) is -1.90. The molecule has 1 spiro atoms. The summed E-state index contributed by atoms with van der Waals surface area (Å²) in [5.41, 5.74) is 2.08. The van der Waals surface area contributed by atoms with Gasteiger partial charge in [-0.1, -0.05) is 11.6 Å². The molecule has 1 aromatic heterocycles. The summed E-state index contributed by atoms with van der Waals surface area (Å²) in [5.74, 6) is 1.39. The first kappa shape index (κ1) is 30.1. The highest BCUT2D eigenvalue weighted by Crippen LogP contribution is 2.51. The van der Waals surface area contributed by atoms with E-state index in [2.05, 4.69) is 10.2 Å². The van der Waals surface area contributed by atoms with Gasteiger partial charge in [-0.05, 0) is 58.9 Å². The van der Waals surface area contributed by atoms with E-state index in [0.717, 1.165) is 0 Å². The second-order valence-electron chi connectivity index (χ2n) is 10.7. The topological polar surface area (TPSA) is 124 Å². The molecule has 4 rings (SSSR count). The van der Waals surface area contributed by atoms with E-state index >= 15 is 0 Å². The predicted octanol–water partition coefficient (Wildman–Crippen LogP) is 4.64. The third-order valence-corrected chi connectivity index (χ3v) is 7.62. The first-order valence-corrected chi connectivity index (χ1v) is 13.5. The van der Waals surface area contributed by atoms with Gasteiger partial charge in [0.05, 0.1) is 22.4 Å². The number of rotatable bonds is 12. The lowest BCUT2D eigenvalue weighted by molar-refractivity contribution is -0.117. The van der Waals surface area contributed by atoms with Crippen LogP contribution in [0.3, 0.4) is 0 Å². The van der Waals surface area contributed by atoms with Crippen LogP contribution in [0.2, 0.25) is 5.02 Å². The van der Waals surface area contributed by atoms with Crippen molar-refractivity contribution in [2.45, 2.75) is 52.2 Å². The average Bonchev–Trinajstić information content (AvgIpc) is 2.83. The molecular formula is C28H36ClF2N5O4. The highest BCUT2D eigenvalue weighted by atomic mass is 35.5. The number of ether oxygens (including phenoxy) is 2. The van der Waals surface area contributed by atoms with E-state index in [9.17, 15) is 19.0 Å². The molecule has 1 atom stereocenters. The van der Waals surface area contributed by atoms with Crippen molar-refractivity contribution < 1.29 is 28.5 Å². The van der Waals surface area contributed by atoms with Crippen LogP contribution < -0.4 is 15.0 Å². The number of nitrogens with zero attached hydrogens (tertiary/aromatic N) is 3. The first-order chi connectivity index (χ1) is 18.9. The van der Waals surface area contributed by atoms with E-state index in [1.54, 1.807) is 32.2 Å². The Bertz CT molecular complexity index is 1270. The molecule has 1 aliphatic carbocycles. The Morgan fingerprint density at radius 2 is 1.95 bits per heavy atom. The van der Waals surface area contributed by atoms with Crippen LogP contribution >= 0.6 is 11.6 Å². The van der Waals surface area contributed by atoms with Gasteiger partial charge in [-0.2, -0.15) is 0 Å². The number of nitrogens with one attached hydrogen (secondary N) is 2. The summed E-state index contributed by atoms with van der Waals surface area (Å²) >= 11 is 6.59. The molecule has 0 amide bonds. The van der Waals surface area contributed by atoms with Crippen LogP contribution in [0, 0.1) is 17.7 Å². The lowest BCUT2D eigenvalue weighted by Crippen LogP contribution is -2.64. The SMILES string of the molecule is CNC[C@@H](O)COc1ccc(Cl)c(-c2nc(/C(C(C)=N)=C(\C)O)c(C)c(N3CC4(CC(OCC(F)F)C4)C3)n2)c1. The summed E-state index contributed by atoms with van der Waals surface area (Å²) in [7, 11) is 1.74. The zero-order valence-electron chi connectivity index (χ0n) is 23.1. The first-order valence-electron chi connectivity index (χ1n) is 13.2. The summed E-state index contributed by atoms with van der Waals surface area (Å²) in [6, 6.07) is 5.07. The van der Waals surface area contributed by atoms with Gasteiger partial charge in [-0.25, -0.2) is 18.7 Å². The van der Waals surface area contributed by atoms with Crippen LogP contribution in [0.5, 0.6) is 5.75 Å². The van der Waals surface area contributed by atoms with Gasteiger partial charge < -0.3 is 35.3 Å². The molecule has 0 bridgehead atoms. The average molecular weight is 580 g/mol. The molecule has 2 fully saturated rings. The summed E-state index contributed by atoms with van der Waals surface area (Å²) in [6.45, 7) is 6.22. The molecule has 40 heavy (non-hydrogen) atoms. The number of hydrogen-bond acceptors (Lipinski definition) is 9. The number of benzene rings is 1. The molecule has 1 aromatic carbocycles. The molecule has 4 N–H and O–H groups in total. The third kappa shape index (κ3) is 6.54. The second-order valence-corrected chi connectivity index (χ2v) is 11.1. The predicted molar refractivity (Wildman–Crippen MR) is 151 cm³/mol. The maximum atomic E-state index is 12.5. The molecule has 12 heteroatoms. The van der Waals surface area contributed by atoms with Gasteiger partial charge in [0.1, 0.15) is 36.6 Å². The quantitative estimate of drug-likeness (QED) is 0.212. The van der Waals surface area contributed by atoms with Crippen molar-refractivity contribution in [2.75, 3.05) is 44.8 Å². The Labute approximate surface area is 237 Å². The molecule has 1 aliphatic heterocycles. The molecule has 2 aliphatic rings. The highest BCUT2D eigenvalue weighted by Gasteiger charge is 2.53. The molecule has 0 unspecified atom stereocenters. The van der Waals surface area contributed by atoms with Crippen LogP contribution in [-0.2, 0) is 4.74 Å². The lowest BCUT2D eigenvalue weighted by Gasteiger charge is -2.59. The monoisotopic (exact) mass is 579 g/mol. The van der Waals surface area contributed by atoms with Crippen molar-refractivity contribution in [2.24, 2.45) is 5.41 Å². The van der Waals surface area contributed by atoms with Crippen LogP contribution in [0.4, 0.5) is 14.6 Å². The van der Waals surface area contributed by atoms with Crippen LogP contribution in [0.1, 0.15) is 37.9 Å². The van der Waals surface area contributed by atoms with Gasteiger partial charge in [0.2, 0.25) is 0 Å². The second kappa shape index (κ2) is 12.3. The van der Waals surface area contributed by atoms with E-state index in [0.29, 0.717) is 77.3 Å². The van der Waals surface area contributed by atoms with Gasteiger partial charge in [0, 0.05) is 41.9 Å². The van der Waals surface area contributed by atoms with E-state index < -0.39 is 19.1 Å². The Kier molecular flexibility index (Phi) is 9.29. The number of alkyl halides is 2. The number of likely N-dealkylation sites (N-methyl/N-ethyl adjacent to an activating group) is 1. The van der Waals surface area contributed by atoms with E-state index in [1.165, 1.54) is 6.92 Å². The largest absolute Gasteiger partial charge is 0.512 e. The smallest absolute Gasteiger partial charge is 0.261 e. The Morgan fingerprint density at radius 1 is 1.25 bits per heavy atom. The third-order valence-electron chi connectivity index (χ3n) is 7.29. The van der Waals surface area contributed by atoms with E-state index in [-0.39, 0.29) is 29.6 Å². The number of aliphatic hydroxyl groups excluding tert-OH is 2. The summed E-state index contributed by atoms with van der Waals surface area (Å²) < 4.78 is 36.1. The number of halogens is 3. The van der Waals surface area contributed by atoms with Crippen molar-refractivity contribution in [3.8, 4) is 17.1 Å². The molecule has 9 nitrogen and oxygen atoms in total. The van der Waals surface area contributed by atoms with Crippen molar-refractivity contribution in [1.29, 1.82) is 5.41 Å². The summed E-state index contributed by atoms with van der Waals surface area (Å²) in [5, 5.41) is 32.0. The van der Waals surface area contributed by atoms with Gasteiger partial charge in [0.15, 0.2) is 5.82 Å². The molecule has 2 heterocycles. The number of allylic oxidation sites excluding steroid dienone is 2. The number of hydrogen-bond donors (Lipinski definition) is 4. The summed E-state index contributed by atoms with van der Waals surface area (Å²) in [4.78, 5) is 11.7. The number of anilines is 1. The normalized spacial score (nSPS) is 17.9. The molecule has 1 saturated heterocycles. The van der Waals surface area contributed by atoms with Gasteiger partial charge in [-0.15, -0.1) is 0 Å². The lowest BCUT2D eigenvalue weighted by atomic mass is 9.61. The van der Waals surface area contributed by atoms with Gasteiger partial charge in [0.25, 0.3) is 6.43 Å². The van der Waals surface area contributed by atoms with Crippen molar-refractivity contribution in [3.63, 3.8) is 0 Å². The minimum absolute atomic E-state index is 0.00683. The standard InChI is InChI=1S/C28H36ClF2N5O4/c1-15-25(24(16(2)32)17(3)37)34-26(21-7-19(5-6-22(21)29)39-11-18(38)10-33-4)35-27(15)36-13-28(14-36)8-20(9-28)40-12-23(30)31/h5-7,18,20,23,32-33,37-38H,8-14H2,1-4H3/b24-17+,32-16?/t18-/m1/s1.